The first-order valence-corrected chi connectivity index (χ1v) is 7.50. The molecule has 1 aliphatic heterocycles. The zero-order valence-electron chi connectivity index (χ0n) is 12.3. The van der Waals surface area contributed by atoms with Crippen molar-refractivity contribution in [3.63, 3.8) is 0 Å². The highest BCUT2D eigenvalue weighted by Crippen LogP contribution is 2.18. The molecule has 4 heteroatoms. The van der Waals surface area contributed by atoms with Crippen LogP contribution >= 0.6 is 0 Å². The first-order chi connectivity index (χ1) is 9.81. The molecule has 0 bridgehead atoms. The van der Waals surface area contributed by atoms with Crippen LogP contribution in [0.3, 0.4) is 0 Å². The second-order valence-electron chi connectivity index (χ2n) is 5.24. The lowest BCUT2D eigenvalue weighted by molar-refractivity contribution is 0.107. The zero-order valence-corrected chi connectivity index (χ0v) is 12.3. The molecule has 112 valence electrons. The minimum atomic E-state index is 0.302. The molecule has 1 N–H and O–H groups in total. The number of aliphatic hydroxyl groups is 1. The molecule has 1 aliphatic rings. The third-order valence-corrected chi connectivity index (χ3v) is 3.67. The fraction of sp³-hybridized carbons (Fsp3) is 0.625. The Balaban J connectivity index is 1.69. The number of hydrogen-bond acceptors (Lipinski definition) is 4. The zero-order chi connectivity index (χ0) is 14.2. The third-order valence-electron chi connectivity index (χ3n) is 3.67. The van der Waals surface area contributed by atoms with Crippen LogP contribution in [0.2, 0.25) is 0 Å². The van der Waals surface area contributed by atoms with Gasteiger partial charge in [0.2, 0.25) is 0 Å². The molecule has 0 aromatic heterocycles. The van der Waals surface area contributed by atoms with Crippen LogP contribution in [-0.2, 0) is 0 Å². The van der Waals surface area contributed by atoms with E-state index in [1.54, 1.807) is 0 Å². The van der Waals surface area contributed by atoms with Crippen molar-refractivity contribution in [2.75, 3.05) is 39.5 Å². The van der Waals surface area contributed by atoms with Gasteiger partial charge >= 0.3 is 0 Å². The average Bonchev–Trinajstić information content (AvgIpc) is 2.50. The van der Waals surface area contributed by atoms with Crippen LogP contribution in [0.1, 0.15) is 19.8 Å². The number of benzene rings is 1. The smallest absolute Gasteiger partial charge is 0.119 e. The van der Waals surface area contributed by atoms with Gasteiger partial charge in [-0.15, -0.1) is 0 Å². The van der Waals surface area contributed by atoms with Crippen LogP contribution in [0.15, 0.2) is 24.3 Å². The van der Waals surface area contributed by atoms with Crippen molar-refractivity contribution in [2.24, 2.45) is 5.92 Å². The van der Waals surface area contributed by atoms with Gasteiger partial charge in [0.05, 0.1) is 6.61 Å². The second-order valence-corrected chi connectivity index (χ2v) is 5.24. The predicted molar refractivity (Wildman–Crippen MR) is 79.4 cm³/mol. The summed E-state index contributed by atoms with van der Waals surface area (Å²) in [6.45, 7) is 6.67. The maximum atomic E-state index is 9.21. The number of likely N-dealkylation sites (tertiary alicyclic amines) is 1. The number of aliphatic hydroxyl groups excluding tert-OH is 1. The Labute approximate surface area is 121 Å². The molecule has 1 fully saturated rings. The molecule has 1 aromatic carbocycles. The average molecular weight is 279 g/mol. The quantitative estimate of drug-likeness (QED) is 0.830. The van der Waals surface area contributed by atoms with E-state index >= 15 is 0 Å². The molecular formula is C16H25NO3. The van der Waals surface area contributed by atoms with Gasteiger partial charge in [-0.25, -0.2) is 0 Å². The van der Waals surface area contributed by atoms with Crippen molar-refractivity contribution in [3.8, 4) is 11.5 Å². The van der Waals surface area contributed by atoms with E-state index in [0.717, 1.165) is 37.6 Å². The molecule has 4 nitrogen and oxygen atoms in total. The summed E-state index contributed by atoms with van der Waals surface area (Å²) < 4.78 is 11.1. The Kier molecular flexibility index (Phi) is 6.15. The third kappa shape index (κ3) is 4.69. The lowest BCUT2D eigenvalue weighted by atomic mass is 9.99. The van der Waals surface area contributed by atoms with E-state index in [1.165, 1.54) is 6.42 Å². The van der Waals surface area contributed by atoms with E-state index in [0.29, 0.717) is 25.7 Å². The first kappa shape index (κ1) is 15.1. The summed E-state index contributed by atoms with van der Waals surface area (Å²) in [4.78, 5) is 2.37. The van der Waals surface area contributed by atoms with E-state index in [4.69, 9.17) is 9.47 Å². The van der Waals surface area contributed by atoms with Gasteiger partial charge in [-0.3, -0.25) is 4.90 Å². The lowest BCUT2D eigenvalue weighted by Crippen LogP contribution is -2.39. The number of ether oxygens (including phenoxy) is 2. The van der Waals surface area contributed by atoms with Crippen molar-refractivity contribution < 1.29 is 14.6 Å². The molecule has 20 heavy (non-hydrogen) atoms. The molecular weight excluding hydrogens is 254 g/mol. The van der Waals surface area contributed by atoms with Crippen molar-refractivity contribution in [2.45, 2.75) is 19.8 Å². The fourth-order valence-corrected chi connectivity index (χ4v) is 2.59. The predicted octanol–water partition coefficient (Wildman–Crippen LogP) is 2.17. The molecule has 0 spiro atoms. The summed E-state index contributed by atoms with van der Waals surface area (Å²) in [7, 11) is 0. The number of piperidine rings is 1. The van der Waals surface area contributed by atoms with Crippen molar-refractivity contribution >= 4 is 0 Å². The van der Waals surface area contributed by atoms with Crippen molar-refractivity contribution in [1.29, 1.82) is 0 Å². The standard InChI is InChI=1S/C16H25NO3/c1-2-19-15-5-7-16(8-6-15)20-11-10-17-9-3-4-14(12-17)13-18/h5-8,14,18H,2-4,9-13H2,1H3. The highest BCUT2D eigenvalue weighted by molar-refractivity contribution is 5.31. The van der Waals surface area contributed by atoms with Gasteiger partial charge in [0, 0.05) is 19.7 Å². The molecule has 1 saturated heterocycles. The molecule has 1 aromatic rings. The van der Waals surface area contributed by atoms with Gasteiger partial charge in [-0.1, -0.05) is 0 Å². The summed E-state index contributed by atoms with van der Waals surface area (Å²) in [5, 5.41) is 9.21. The normalized spacial score (nSPS) is 19.8. The summed E-state index contributed by atoms with van der Waals surface area (Å²) in [5.74, 6) is 2.19. The minimum absolute atomic E-state index is 0.302. The van der Waals surface area contributed by atoms with Crippen LogP contribution in [0, 0.1) is 5.92 Å². The number of rotatable bonds is 7. The van der Waals surface area contributed by atoms with E-state index < -0.39 is 0 Å². The summed E-state index contributed by atoms with van der Waals surface area (Å²) in [6.07, 6.45) is 2.32. The summed E-state index contributed by atoms with van der Waals surface area (Å²) in [5.41, 5.74) is 0. The van der Waals surface area contributed by atoms with Gasteiger partial charge in [0.15, 0.2) is 0 Å². The minimum Gasteiger partial charge on any atom is -0.494 e. The van der Waals surface area contributed by atoms with Gasteiger partial charge in [0.1, 0.15) is 18.1 Å². The van der Waals surface area contributed by atoms with Crippen LogP contribution in [0.5, 0.6) is 11.5 Å². The molecule has 1 atom stereocenters. The SMILES string of the molecule is CCOc1ccc(OCCN2CCCC(CO)C2)cc1. The van der Waals surface area contributed by atoms with E-state index in [9.17, 15) is 5.11 Å². The van der Waals surface area contributed by atoms with Crippen LogP contribution < -0.4 is 9.47 Å². The van der Waals surface area contributed by atoms with Crippen molar-refractivity contribution in [1.82, 2.24) is 4.90 Å². The molecule has 1 heterocycles. The van der Waals surface area contributed by atoms with Gasteiger partial charge in [-0.2, -0.15) is 0 Å². The highest BCUT2D eigenvalue weighted by Gasteiger charge is 2.18. The van der Waals surface area contributed by atoms with Gasteiger partial charge < -0.3 is 14.6 Å². The van der Waals surface area contributed by atoms with Gasteiger partial charge in [0.25, 0.3) is 0 Å². The molecule has 2 rings (SSSR count). The van der Waals surface area contributed by atoms with E-state index in [2.05, 4.69) is 4.90 Å². The van der Waals surface area contributed by atoms with Crippen LogP contribution in [0.25, 0.3) is 0 Å². The molecule has 1 unspecified atom stereocenters. The topological polar surface area (TPSA) is 41.9 Å². The molecule has 0 amide bonds. The summed E-state index contributed by atoms with van der Waals surface area (Å²) >= 11 is 0. The molecule has 0 saturated carbocycles. The van der Waals surface area contributed by atoms with E-state index in [1.807, 2.05) is 31.2 Å². The largest absolute Gasteiger partial charge is 0.494 e. The van der Waals surface area contributed by atoms with E-state index in [-0.39, 0.29) is 0 Å². The Hall–Kier alpha value is -1.26. The van der Waals surface area contributed by atoms with Crippen LogP contribution in [0.4, 0.5) is 0 Å². The Bertz CT molecular complexity index is 380. The highest BCUT2D eigenvalue weighted by atomic mass is 16.5. The maximum absolute atomic E-state index is 9.21. The van der Waals surface area contributed by atoms with Gasteiger partial charge in [-0.05, 0) is 56.5 Å². The monoisotopic (exact) mass is 279 g/mol. The lowest BCUT2D eigenvalue weighted by Gasteiger charge is -2.31. The molecule has 0 radical (unpaired) electrons. The number of nitrogens with zero attached hydrogens (tertiary/aromatic N) is 1. The first-order valence-electron chi connectivity index (χ1n) is 7.50. The maximum Gasteiger partial charge on any atom is 0.119 e. The summed E-state index contributed by atoms with van der Waals surface area (Å²) in [6, 6.07) is 7.75. The molecule has 0 aliphatic carbocycles. The van der Waals surface area contributed by atoms with Crippen LogP contribution in [-0.4, -0.2) is 49.5 Å². The second kappa shape index (κ2) is 8.12. The Morgan fingerprint density at radius 2 is 1.90 bits per heavy atom. The Morgan fingerprint density at radius 1 is 1.20 bits per heavy atom. The van der Waals surface area contributed by atoms with Crippen molar-refractivity contribution in [3.05, 3.63) is 24.3 Å². The Morgan fingerprint density at radius 3 is 2.55 bits per heavy atom. The number of hydrogen-bond donors (Lipinski definition) is 1. The fourth-order valence-electron chi connectivity index (χ4n) is 2.59.